The third-order valence-electron chi connectivity index (χ3n) is 4.44. The van der Waals surface area contributed by atoms with Crippen LogP contribution in [0.25, 0.3) is 0 Å². The Balaban J connectivity index is 1.88. The Labute approximate surface area is 128 Å². The van der Waals surface area contributed by atoms with Crippen LogP contribution < -0.4 is 5.32 Å². The van der Waals surface area contributed by atoms with E-state index in [2.05, 4.69) is 39.8 Å². The van der Waals surface area contributed by atoms with Gasteiger partial charge in [-0.2, -0.15) is 0 Å². The van der Waals surface area contributed by atoms with E-state index >= 15 is 0 Å². The Bertz CT molecular complexity index is 424. The highest BCUT2D eigenvalue weighted by atomic mass is 16.5. The van der Waals surface area contributed by atoms with Crippen molar-refractivity contribution in [3.8, 4) is 0 Å². The van der Waals surface area contributed by atoms with E-state index in [0.717, 1.165) is 24.1 Å². The molecule has 1 aliphatic rings. The van der Waals surface area contributed by atoms with Crippen molar-refractivity contribution in [3.63, 3.8) is 0 Å². The highest BCUT2D eigenvalue weighted by molar-refractivity contribution is 5.29. The minimum Gasteiger partial charge on any atom is -0.383 e. The maximum Gasteiger partial charge on any atom is 0.203 e. The molecule has 0 saturated carbocycles. The Morgan fingerprint density at radius 3 is 2.76 bits per heavy atom. The number of likely N-dealkylation sites (tertiary alicyclic amines) is 1. The molecule has 1 aliphatic heterocycles. The van der Waals surface area contributed by atoms with Crippen molar-refractivity contribution in [3.05, 3.63) is 11.9 Å². The summed E-state index contributed by atoms with van der Waals surface area (Å²) in [5, 5.41) is 3.55. The summed E-state index contributed by atoms with van der Waals surface area (Å²) in [6, 6.07) is 0.306. The van der Waals surface area contributed by atoms with Gasteiger partial charge in [-0.05, 0) is 52.2 Å². The monoisotopic (exact) mass is 294 g/mol. The third-order valence-corrected chi connectivity index (χ3v) is 4.44. The number of ether oxygens (including phenoxy) is 1. The summed E-state index contributed by atoms with van der Waals surface area (Å²) in [5.41, 5.74) is 1.06. The second kappa shape index (κ2) is 7.80. The number of rotatable bonds is 7. The van der Waals surface area contributed by atoms with E-state index in [-0.39, 0.29) is 0 Å². The van der Waals surface area contributed by atoms with Gasteiger partial charge in [0, 0.05) is 19.9 Å². The lowest BCUT2D eigenvalue weighted by Crippen LogP contribution is -2.35. The van der Waals surface area contributed by atoms with Gasteiger partial charge in [0.1, 0.15) is 0 Å². The zero-order valence-corrected chi connectivity index (χ0v) is 13.9. The van der Waals surface area contributed by atoms with Gasteiger partial charge in [-0.25, -0.2) is 4.98 Å². The molecule has 1 N–H and O–H groups in total. The molecule has 0 amide bonds. The normalized spacial score (nSPS) is 18.9. The lowest BCUT2D eigenvalue weighted by molar-refractivity contribution is 0.163. The molecule has 0 aliphatic carbocycles. The summed E-state index contributed by atoms with van der Waals surface area (Å²) in [6.45, 7) is 11.8. The molecular formula is C16H30N4O. The molecule has 2 heterocycles. The molecular weight excluding hydrogens is 264 g/mol. The van der Waals surface area contributed by atoms with Gasteiger partial charge in [-0.3, -0.25) is 0 Å². The number of nitrogens with one attached hydrogen (secondary N) is 1. The number of imidazole rings is 1. The van der Waals surface area contributed by atoms with Crippen LogP contribution in [0.1, 0.15) is 38.4 Å². The summed E-state index contributed by atoms with van der Waals surface area (Å²) in [5.74, 6) is 1.74. The molecule has 5 heteroatoms. The fourth-order valence-electron chi connectivity index (χ4n) is 3.05. The maximum absolute atomic E-state index is 5.26. The SMILES string of the molecule is CCN1CCC(CNc2nc(C)cn2C(C)COC)CC1. The van der Waals surface area contributed by atoms with E-state index in [1.54, 1.807) is 7.11 Å². The van der Waals surface area contributed by atoms with E-state index < -0.39 is 0 Å². The first-order chi connectivity index (χ1) is 10.1. The predicted molar refractivity (Wildman–Crippen MR) is 86.9 cm³/mol. The molecule has 1 atom stereocenters. The standard InChI is InChI=1S/C16H30N4O/c1-5-19-8-6-15(7-9-19)10-17-16-18-13(2)11-20(16)14(3)12-21-4/h11,14-15H,5-10,12H2,1-4H3,(H,17,18). The van der Waals surface area contributed by atoms with Crippen LogP contribution >= 0.6 is 0 Å². The molecule has 1 aromatic heterocycles. The third kappa shape index (κ3) is 4.45. The lowest BCUT2D eigenvalue weighted by Gasteiger charge is -2.31. The second-order valence-corrected chi connectivity index (χ2v) is 6.18. The number of nitrogens with zero attached hydrogens (tertiary/aromatic N) is 3. The summed E-state index contributed by atoms with van der Waals surface area (Å²) in [6.07, 6.45) is 4.67. The van der Waals surface area contributed by atoms with Crippen LogP contribution in [-0.2, 0) is 4.74 Å². The number of methoxy groups -OCH3 is 1. The first-order valence-electron chi connectivity index (χ1n) is 8.14. The van der Waals surface area contributed by atoms with Crippen molar-refractivity contribution in [2.24, 2.45) is 5.92 Å². The van der Waals surface area contributed by atoms with Crippen molar-refractivity contribution in [2.75, 3.05) is 45.2 Å². The quantitative estimate of drug-likeness (QED) is 0.839. The van der Waals surface area contributed by atoms with Crippen molar-refractivity contribution in [1.82, 2.24) is 14.5 Å². The Morgan fingerprint density at radius 1 is 1.43 bits per heavy atom. The molecule has 0 radical (unpaired) electrons. The van der Waals surface area contributed by atoms with Crippen LogP contribution in [0.2, 0.25) is 0 Å². The molecule has 1 unspecified atom stereocenters. The topological polar surface area (TPSA) is 42.3 Å². The van der Waals surface area contributed by atoms with Crippen LogP contribution in [0, 0.1) is 12.8 Å². The Hall–Kier alpha value is -1.07. The van der Waals surface area contributed by atoms with Gasteiger partial charge < -0.3 is 19.5 Å². The first kappa shape index (κ1) is 16.3. The maximum atomic E-state index is 5.26. The minimum absolute atomic E-state index is 0.306. The zero-order valence-electron chi connectivity index (χ0n) is 13.9. The summed E-state index contributed by atoms with van der Waals surface area (Å²) in [7, 11) is 1.74. The molecule has 0 spiro atoms. The van der Waals surface area contributed by atoms with Crippen LogP contribution in [0.15, 0.2) is 6.20 Å². The smallest absolute Gasteiger partial charge is 0.203 e. The molecule has 0 bridgehead atoms. The fourth-order valence-corrected chi connectivity index (χ4v) is 3.05. The Kier molecular flexibility index (Phi) is 6.06. The van der Waals surface area contributed by atoms with Gasteiger partial charge in [0.15, 0.2) is 0 Å². The number of hydrogen-bond donors (Lipinski definition) is 1. The average molecular weight is 294 g/mol. The zero-order chi connectivity index (χ0) is 15.2. The summed E-state index contributed by atoms with van der Waals surface area (Å²) < 4.78 is 7.45. The van der Waals surface area contributed by atoms with Crippen molar-refractivity contribution >= 4 is 5.95 Å². The molecule has 120 valence electrons. The van der Waals surface area contributed by atoms with Gasteiger partial charge >= 0.3 is 0 Å². The van der Waals surface area contributed by atoms with E-state index in [0.29, 0.717) is 12.6 Å². The van der Waals surface area contributed by atoms with Gasteiger partial charge in [0.05, 0.1) is 18.3 Å². The number of anilines is 1. The van der Waals surface area contributed by atoms with Crippen LogP contribution in [0.3, 0.4) is 0 Å². The summed E-state index contributed by atoms with van der Waals surface area (Å²) in [4.78, 5) is 7.15. The second-order valence-electron chi connectivity index (χ2n) is 6.18. The van der Waals surface area contributed by atoms with Crippen molar-refractivity contribution in [1.29, 1.82) is 0 Å². The molecule has 21 heavy (non-hydrogen) atoms. The van der Waals surface area contributed by atoms with Crippen LogP contribution in [0.5, 0.6) is 0 Å². The summed E-state index contributed by atoms with van der Waals surface area (Å²) >= 11 is 0. The largest absolute Gasteiger partial charge is 0.383 e. The predicted octanol–water partition coefficient (Wildman–Crippen LogP) is 2.54. The van der Waals surface area contributed by atoms with Crippen LogP contribution in [0.4, 0.5) is 5.95 Å². The Morgan fingerprint density at radius 2 is 2.14 bits per heavy atom. The number of aromatic nitrogens is 2. The fraction of sp³-hybridized carbons (Fsp3) is 0.812. The molecule has 5 nitrogen and oxygen atoms in total. The van der Waals surface area contributed by atoms with Crippen molar-refractivity contribution < 1.29 is 4.74 Å². The molecule has 1 saturated heterocycles. The van der Waals surface area contributed by atoms with Gasteiger partial charge in [0.25, 0.3) is 0 Å². The molecule has 0 aromatic carbocycles. The van der Waals surface area contributed by atoms with Gasteiger partial charge in [-0.15, -0.1) is 0 Å². The molecule has 2 rings (SSSR count). The highest BCUT2D eigenvalue weighted by Crippen LogP contribution is 2.20. The number of piperidine rings is 1. The highest BCUT2D eigenvalue weighted by Gasteiger charge is 2.19. The van der Waals surface area contributed by atoms with Crippen molar-refractivity contribution in [2.45, 2.75) is 39.7 Å². The minimum atomic E-state index is 0.306. The molecule has 1 aromatic rings. The van der Waals surface area contributed by atoms with E-state index in [1.807, 2.05) is 6.92 Å². The van der Waals surface area contributed by atoms with E-state index in [1.165, 1.54) is 32.5 Å². The van der Waals surface area contributed by atoms with Gasteiger partial charge in [-0.1, -0.05) is 6.92 Å². The number of hydrogen-bond acceptors (Lipinski definition) is 4. The van der Waals surface area contributed by atoms with E-state index in [4.69, 9.17) is 4.74 Å². The number of aryl methyl sites for hydroxylation is 1. The lowest BCUT2D eigenvalue weighted by atomic mass is 9.97. The van der Waals surface area contributed by atoms with E-state index in [9.17, 15) is 0 Å². The van der Waals surface area contributed by atoms with Gasteiger partial charge in [0.2, 0.25) is 5.95 Å². The molecule has 1 fully saturated rings. The average Bonchev–Trinajstić information content (AvgIpc) is 2.87. The van der Waals surface area contributed by atoms with Crippen LogP contribution in [-0.4, -0.2) is 54.3 Å². The first-order valence-corrected chi connectivity index (χ1v) is 8.14.